The van der Waals surface area contributed by atoms with E-state index in [2.05, 4.69) is 26.2 Å². The number of anilines is 1. The maximum atomic E-state index is 13.4. The number of pyridine rings is 1. The van der Waals surface area contributed by atoms with Crippen LogP contribution in [0.2, 0.25) is 0 Å². The van der Waals surface area contributed by atoms with E-state index in [9.17, 15) is 14.4 Å². The van der Waals surface area contributed by atoms with E-state index in [1.165, 1.54) is 11.3 Å². The van der Waals surface area contributed by atoms with Crippen molar-refractivity contribution in [2.24, 2.45) is 0 Å². The van der Waals surface area contributed by atoms with E-state index >= 15 is 0 Å². The number of carbonyl (C=O) groups is 3. The number of amides is 3. The molecule has 9 heteroatoms. The molecule has 4 heterocycles. The van der Waals surface area contributed by atoms with Crippen LogP contribution in [0, 0.1) is 6.92 Å². The molecule has 0 saturated carbocycles. The summed E-state index contributed by atoms with van der Waals surface area (Å²) in [6, 6.07) is 14.6. The maximum absolute atomic E-state index is 13.4. The highest BCUT2D eigenvalue weighted by molar-refractivity contribution is 9.11. The van der Waals surface area contributed by atoms with Crippen LogP contribution < -0.4 is 10.2 Å². The molecule has 3 amide bonds. The van der Waals surface area contributed by atoms with Crippen LogP contribution in [0.5, 0.6) is 0 Å². The Kier molecular flexibility index (Phi) is 6.71. The fourth-order valence-corrected chi connectivity index (χ4v) is 6.14. The van der Waals surface area contributed by atoms with E-state index in [-0.39, 0.29) is 36.2 Å². The molecule has 7 nitrogen and oxygen atoms in total. The monoisotopic (exact) mass is 552 g/mol. The molecule has 2 aliphatic heterocycles. The quantitative estimate of drug-likeness (QED) is 0.496. The van der Waals surface area contributed by atoms with E-state index in [1.807, 2.05) is 54.3 Å². The predicted molar refractivity (Wildman–Crippen MR) is 139 cm³/mol. The van der Waals surface area contributed by atoms with Gasteiger partial charge in [-0.05, 0) is 83.7 Å². The lowest BCUT2D eigenvalue weighted by Gasteiger charge is -2.25. The average Bonchev–Trinajstić information content (AvgIpc) is 3.59. The second-order valence-corrected chi connectivity index (χ2v) is 11.4. The van der Waals surface area contributed by atoms with Crippen molar-refractivity contribution in [1.82, 2.24) is 15.2 Å². The molecule has 2 unspecified atom stereocenters. The Labute approximate surface area is 216 Å². The zero-order valence-corrected chi connectivity index (χ0v) is 21.6. The summed E-state index contributed by atoms with van der Waals surface area (Å²) in [6.45, 7) is 3.00. The van der Waals surface area contributed by atoms with Crippen LogP contribution in [-0.4, -0.2) is 46.7 Å². The molecule has 180 valence electrons. The van der Waals surface area contributed by atoms with Gasteiger partial charge in [-0.1, -0.05) is 6.07 Å². The lowest BCUT2D eigenvalue weighted by atomic mass is 10.0. The normalized spacial score (nSPS) is 19.9. The molecule has 3 aromatic rings. The van der Waals surface area contributed by atoms with Crippen LogP contribution in [-0.2, 0) is 4.79 Å². The van der Waals surface area contributed by atoms with Gasteiger partial charge in [0.15, 0.2) is 0 Å². The standard InChI is InChI=1S/C26H25BrN4O3S/c1-16-13-18(31-15-17(14-24(31)32)29-25(33)22-9-10-23(27)35-22)7-8-19(16)26(34)30-12-4-6-21(30)20-5-2-3-11-28-20/h2-3,5,7-11,13,17,21H,4,6,12,14-15H2,1H3,(H,29,33). The third-order valence-corrected chi connectivity index (χ3v) is 8.17. The van der Waals surface area contributed by atoms with Gasteiger partial charge >= 0.3 is 0 Å². The zero-order chi connectivity index (χ0) is 24.5. The van der Waals surface area contributed by atoms with E-state index in [1.54, 1.807) is 17.2 Å². The maximum Gasteiger partial charge on any atom is 0.261 e. The Bertz CT molecular complexity index is 1280. The summed E-state index contributed by atoms with van der Waals surface area (Å²) in [5.74, 6) is -0.233. The number of hydrogen-bond acceptors (Lipinski definition) is 5. The number of halogens is 1. The van der Waals surface area contributed by atoms with Gasteiger partial charge < -0.3 is 15.1 Å². The first-order valence-electron chi connectivity index (χ1n) is 11.6. The molecule has 35 heavy (non-hydrogen) atoms. The fourth-order valence-electron chi connectivity index (χ4n) is 4.85. The summed E-state index contributed by atoms with van der Waals surface area (Å²) in [4.78, 5) is 47.3. The van der Waals surface area contributed by atoms with Crippen molar-refractivity contribution in [3.05, 3.63) is 80.2 Å². The smallest absolute Gasteiger partial charge is 0.261 e. The highest BCUT2D eigenvalue weighted by atomic mass is 79.9. The van der Waals surface area contributed by atoms with Crippen molar-refractivity contribution >= 4 is 50.7 Å². The first-order chi connectivity index (χ1) is 16.9. The minimum absolute atomic E-state index is 0.0119. The predicted octanol–water partition coefficient (Wildman–Crippen LogP) is 4.73. The highest BCUT2D eigenvalue weighted by Crippen LogP contribution is 2.33. The van der Waals surface area contributed by atoms with Crippen LogP contribution in [0.3, 0.4) is 0 Å². The number of hydrogen-bond donors (Lipinski definition) is 1. The number of thiophene rings is 1. The second-order valence-electron chi connectivity index (χ2n) is 8.89. The largest absolute Gasteiger partial charge is 0.346 e. The van der Waals surface area contributed by atoms with Crippen LogP contribution in [0.15, 0.2) is 58.5 Å². The Morgan fingerprint density at radius 1 is 1.17 bits per heavy atom. The molecule has 5 rings (SSSR count). The summed E-state index contributed by atoms with van der Waals surface area (Å²) in [5.41, 5.74) is 3.11. The Hall–Kier alpha value is -3.04. The Morgan fingerprint density at radius 2 is 2.03 bits per heavy atom. The van der Waals surface area contributed by atoms with E-state index in [0.29, 0.717) is 23.5 Å². The third-order valence-electron chi connectivity index (χ3n) is 6.55. The van der Waals surface area contributed by atoms with Gasteiger partial charge in [-0.25, -0.2) is 0 Å². The lowest BCUT2D eigenvalue weighted by Crippen LogP contribution is -2.36. The van der Waals surface area contributed by atoms with Gasteiger partial charge in [0.25, 0.3) is 11.8 Å². The van der Waals surface area contributed by atoms with Crippen molar-refractivity contribution in [3.63, 3.8) is 0 Å². The molecule has 2 fully saturated rings. The number of nitrogens with one attached hydrogen (secondary N) is 1. The molecule has 0 spiro atoms. The fraction of sp³-hybridized carbons (Fsp3) is 0.308. The molecule has 0 bridgehead atoms. The van der Waals surface area contributed by atoms with Crippen molar-refractivity contribution in [3.8, 4) is 0 Å². The van der Waals surface area contributed by atoms with E-state index in [4.69, 9.17) is 0 Å². The van der Waals surface area contributed by atoms with Crippen LogP contribution in [0.4, 0.5) is 5.69 Å². The zero-order valence-electron chi connectivity index (χ0n) is 19.2. The van der Waals surface area contributed by atoms with Gasteiger partial charge in [0, 0.05) is 37.0 Å². The number of benzene rings is 1. The van der Waals surface area contributed by atoms with Gasteiger partial charge in [0.2, 0.25) is 5.91 Å². The van der Waals surface area contributed by atoms with E-state index < -0.39 is 0 Å². The topological polar surface area (TPSA) is 82.6 Å². The molecule has 0 radical (unpaired) electrons. The second kappa shape index (κ2) is 9.91. The number of carbonyl (C=O) groups excluding carboxylic acids is 3. The summed E-state index contributed by atoms with van der Waals surface area (Å²) < 4.78 is 0.886. The van der Waals surface area contributed by atoms with Crippen LogP contribution in [0.1, 0.15) is 56.6 Å². The molecule has 1 aromatic carbocycles. The van der Waals surface area contributed by atoms with Gasteiger partial charge in [-0.3, -0.25) is 19.4 Å². The van der Waals surface area contributed by atoms with Crippen molar-refractivity contribution in [2.45, 2.75) is 38.3 Å². The third kappa shape index (κ3) is 4.88. The van der Waals surface area contributed by atoms with Crippen LogP contribution in [0.25, 0.3) is 0 Å². The summed E-state index contributed by atoms with van der Waals surface area (Å²) >= 11 is 4.73. The van der Waals surface area contributed by atoms with Gasteiger partial charge in [-0.15, -0.1) is 11.3 Å². The first-order valence-corrected chi connectivity index (χ1v) is 13.2. The number of aromatic nitrogens is 1. The van der Waals surface area contributed by atoms with E-state index in [0.717, 1.165) is 33.6 Å². The number of aryl methyl sites for hydroxylation is 1. The Morgan fingerprint density at radius 3 is 2.74 bits per heavy atom. The minimum Gasteiger partial charge on any atom is -0.346 e. The molecule has 2 atom stereocenters. The van der Waals surface area contributed by atoms with Gasteiger partial charge in [0.1, 0.15) is 0 Å². The molecule has 0 aliphatic carbocycles. The minimum atomic E-state index is -0.263. The van der Waals surface area contributed by atoms with Crippen LogP contribution >= 0.6 is 27.3 Å². The molecule has 2 aliphatic rings. The lowest BCUT2D eigenvalue weighted by molar-refractivity contribution is -0.117. The summed E-state index contributed by atoms with van der Waals surface area (Å²) in [7, 11) is 0. The number of likely N-dealkylation sites (tertiary alicyclic amines) is 1. The average molecular weight is 553 g/mol. The van der Waals surface area contributed by atoms with Crippen molar-refractivity contribution < 1.29 is 14.4 Å². The summed E-state index contributed by atoms with van der Waals surface area (Å²) in [5, 5.41) is 2.96. The molecule has 2 saturated heterocycles. The SMILES string of the molecule is Cc1cc(N2CC(NC(=O)c3ccc(Br)s3)CC2=O)ccc1C(=O)N1CCCC1c1ccccn1. The summed E-state index contributed by atoms with van der Waals surface area (Å²) in [6.07, 6.45) is 3.86. The molecule has 1 N–H and O–H groups in total. The Balaban J connectivity index is 1.28. The van der Waals surface area contributed by atoms with Crippen molar-refractivity contribution in [2.75, 3.05) is 18.0 Å². The molecule has 2 aromatic heterocycles. The van der Waals surface area contributed by atoms with Gasteiger partial charge in [0.05, 0.1) is 26.4 Å². The van der Waals surface area contributed by atoms with Crippen molar-refractivity contribution in [1.29, 1.82) is 0 Å². The number of nitrogens with zero attached hydrogens (tertiary/aromatic N) is 3. The molecular formula is C26H25BrN4O3S. The molecular weight excluding hydrogens is 528 g/mol. The first kappa shape index (κ1) is 23.7. The highest BCUT2D eigenvalue weighted by Gasteiger charge is 2.34. The van der Waals surface area contributed by atoms with Gasteiger partial charge in [-0.2, -0.15) is 0 Å². The number of rotatable bonds is 5.